The monoisotopic (exact) mass is 452 g/mol. The van der Waals surface area contributed by atoms with Crippen LogP contribution in [0.15, 0.2) is 47.4 Å². The van der Waals surface area contributed by atoms with E-state index in [4.69, 9.17) is 21.7 Å². The van der Waals surface area contributed by atoms with E-state index in [9.17, 15) is 18.5 Å². The predicted molar refractivity (Wildman–Crippen MR) is 116 cm³/mol. The van der Waals surface area contributed by atoms with Crippen LogP contribution in [0.1, 0.15) is 0 Å². The fourth-order valence-corrected chi connectivity index (χ4v) is 4.53. The van der Waals surface area contributed by atoms with Crippen LogP contribution < -0.4 is 15.4 Å². The minimum absolute atomic E-state index is 0.0874. The zero-order valence-electron chi connectivity index (χ0n) is 16.0. The van der Waals surface area contributed by atoms with Gasteiger partial charge in [-0.15, -0.1) is 0 Å². The lowest BCUT2D eigenvalue weighted by molar-refractivity contribution is -0.383. The van der Waals surface area contributed by atoms with E-state index < -0.39 is 14.9 Å². The Morgan fingerprint density at radius 3 is 2.50 bits per heavy atom. The van der Waals surface area contributed by atoms with Crippen LogP contribution in [-0.2, 0) is 14.8 Å². The van der Waals surface area contributed by atoms with Gasteiger partial charge in [0.15, 0.2) is 5.11 Å². The molecule has 1 aliphatic rings. The van der Waals surface area contributed by atoms with Gasteiger partial charge in [0, 0.05) is 25.2 Å². The second kappa shape index (κ2) is 9.34. The van der Waals surface area contributed by atoms with Crippen LogP contribution in [0.25, 0.3) is 0 Å². The first kappa shape index (κ1) is 21.9. The van der Waals surface area contributed by atoms with Crippen LogP contribution in [0.5, 0.6) is 5.75 Å². The van der Waals surface area contributed by atoms with Crippen LogP contribution >= 0.6 is 12.2 Å². The number of nitrogens with one attached hydrogen (secondary N) is 2. The zero-order valence-corrected chi connectivity index (χ0v) is 17.7. The van der Waals surface area contributed by atoms with Gasteiger partial charge in [0.25, 0.3) is 5.69 Å². The SMILES string of the molecule is COc1cc(S(=O)(=O)N2CCOCC2)ccc1NC(=S)Nc1ccccc1[N+](=O)[O-]. The summed E-state index contributed by atoms with van der Waals surface area (Å²) >= 11 is 5.24. The highest BCUT2D eigenvalue weighted by Crippen LogP contribution is 2.30. The number of sulfonamides is 1. The Morgan fingerprint density at radius 1 is 1.17 bits per heavy atom. The van der Waals surface area contributed by atoms with Gasteiger partial charge in [-0.1, -0.05) is 12.1 Å². The Balaban J connectivity index is 1.79. The van der Waals surface area contributed by atoms with Crippen molar-refractivity contribution in [2.24, 2.45) is 0 Å². The number of morpholine rings is 1. The molecule has 0 aliphatic carbocycles. The molecular formula is C18H20N4O6S2. The maximum atomic E-state index is 12.8. The van der Waals surface area contributed by atoms with Gasteiger partial charge in [-0.3, -0.25) is 10.1 Å². The molecule has 1 aliphatic heterocycles. The summed E-state index contributed by atoms with van der Waals surface area (Å²) in [4.78, 5) is 10.7. The van der Waals surface area contributed by atoms with Crippen molar-refractivity contribution in [3.05, 3.63) is 52.6 Å². The molecule has 10 nitrogen and oxygen atoms in total. The largest absolute Gasteiger partial charge is 0.495 e. The number of methoxy groups -OCH3 is 1. The van der Waals surface area contributed by atoms with Crippen molar-refractivity contribution in [2.45, 2.75) is 4.90 Å². The molecule has 3 rings (SSSR count). The quantitative estimate of drug-likeness (QED) is 0.386. The third-order valence-corrected chi connectivity index (χ3v) is 6.48. The number of anilines is 2. The lowest BCUT2D eigenvalue weighted by Crippen LogP contribution is -2.40. The van der Waals surface area contributed by atoms with Gasteiger partial charge in [-0.2, -0.15) is 4.31 Å². The summed E-state index contributed by atoms with van der Waals surface area (Å²) in [6, 6.07) is 10.5. The maximum absolute atomic E-state index is 12.8. The number of hydrogen-bond acceptors (Lipinski definition) is 7. The van der Waals surface area contributed by atoms with Crippen LogP contribution in [-0.4, -0.2) is 56.2 Å². The average molecular weight is 453 g/mol. The molecule has 30 heavy (non-hydrogen) atoms. The first-order valence-electron chi connectivity index (χ1n) is 8.90. The van der Waals surface area contributed by atoms with Gasteiger partial charge >= 0.3 is 0 Å². The Bertz CT molecular complexity index is 1050. The Labute approximate surface area is 179 Å². The lowest BCUT2D eigenvalue weighted by atomic mass is 10.2. The minimum Gasteiger partial charge on any atom is -0.495 e. The van der Waals surface area contributed by atoms with Crippen LogP contribution in [0.4, 0.5) is 17.1 Å². The van der Waals surface area contributed by atoms with Crippen LogP contribution in [0.3, 0.4) is 0 Å². The van der Waals surface area contributed by atoms with E-state index in [1.165, 1.54) is 41.7 Å². The van der Waals surface area contributed by atoms with Gasteiger partial charge in [-0.05, 0) is 30.4 Å². The summed E-state index contributed by atoms with van der Waals surface area (Å²) in [6.45, 7) is 1.27. The molecule has 1 saturated heterocycles. The maximum Gasteiger partial charge on any atom is 0.292 e. The summed E-state index contributed by atoms with van der Waals surface area (Å²) in [5.41, 5.74) is 0.514. The summed E-state index contributed by atoms with van der Waals surface area (Å²) in [7, 11) is -2.27. The van der Waals surface area contributed by atoms with E-state index in [1.807, 2.05) is 0 Å². The first-order chi connectivity index (χ1) is 14.3. The van der Waals surface area contributed by atoms with E-state index in [0.29, 0.717) is 18.9 Å². The molecule has 160 valence electrons. The molecule has 12 heteroatoms. The molecule has 1 heterocycles. The Hall–Kier alpha value is -2.80. The molecule has 0 spiro atoms. The van der Waals surface area contributed by atoms with Gasteiger partial charge in [0.05, 0.1) is 35.8 Å². The topological polar surface area (TPSA) is 123 Å². The molecule has 0 saturated carbocycles. The van der Waals surface area contributed by atoms with E-state index in [1.54, 1.807) is 12.1 Å². The van der Waals surface area contributed by atoms with Crippen molar-refractivity contribution in [2.75, 3.05) is 44.0 Å². The molecule has 0 aromatic heterocycles. The van der Waals surface area contributed by atoms with Gasteiger partial charge in [0.2, 0.25) is 10.0 Å². The highest BCUT2D eigenvalue weighted by atomic mass is 32.2. The number of hydrogen-bond donors (Lipinski definition) is 2. The number of benzene rings is 2. The van der Waals surface area contributed by atoms with Crippen molar-refractivity contribution in [1.29, 1.82) is 0 Å². The second-order valence-corrected chi connectivity index (χ2v) is 8.58. The number of thiocarbonyl (C=S) groups is 1. The van der Waals surface area contributed by atoms with Crippen LogP contribution in [0.2, 0.25) is 0 Å². The van der Waals surface area contributed by atoms with Gasteiger partial charge in [0.1, 0.15) is 11.4 Å². The van der Waals surface area contributed by atoms with Crippen molar-refractivity contribution >= 4 is 44.4 Å². The van der Waals surface area contributed by atoms with Crippen molar-refractivity contribution in [3.63, 3.8) is 0 Å². The van der Waals surface area contributed by atoms with E-state index in [0.717, 1.165) is 0 Å². The van der Waals surface area contributed by atoms with E-state index in [-0.39, 0.29) is 40.2 Å². The minimum atomic E-state index is -3.68. The Morgan fingerprint density at radius 2 is 1.83 bits per heavy atom. The van der Waals surface area contributed by atoms with Crippen molar-refractivity contribution < 1.29 is 22.8 Å². The number of ether oxygens (including phenoxy) is 2. The van der Waals surface area contributed by atoms with Crippen molar-refractivity contribution in [1.82, 2.24) is 4.31 Å². The summed E-state index contributed by atoms with van der Waals surface area (Å²) in [5, 5.41) is 16.9. The Kier molecular flexibility index (Phi) is 6.82. The molecular weight excluding hydrogens is 432 g/mol. The van der Waals surface area contributed by atoms with Gasteiger partial charge in [-0.25, -0.2) is 8.42 Å². The highest BCUT2D eigenvalue weighted by molar-refractivity contribution is 7.89. The normalized spacial score (nSPS) is 14.7. The number of rotatable bonds is 6. The molecule has 2 aromatic rings. The smallest absolute Gasteiger partial charge is 0.292 e. The molecule has 2 N–H and O–H groups in total. The van der Waals surface area contributed by atoms with Crippen molar-refractivity contribution in [3.8, 4) is 5.75 Å². The number of nitro benzene ring substituents is 1. The predicted octanol–water partition coefficient (Wildman–Crippen LogP) is 2.43. The average Bonchev–Trinajstić information content (AvgIpc) is 2.74. The van der Waals surface area contributed by atoms with Gasteiger partial charge < -0.3 is 20.1 Å². The number of para-hydroxylation sites is 2. The molecule has 0 atom stereocenters. The highest BCUT2D eigenvalue weighted by Gasteiger charge is 2.27. The summed E-state index contributed by atoms with van der Waals surface area (Å²) < 4.78 is 37.5. The fraction of sp³-hybridized carbons (Fsp3) is 0.278. The standard InChI is InChI=1S/C18H20N4O6S2/c1-27-17-12-13(30(25,26)21-8-10-28-11-9-21)6-7-15(17)20-18(29)19-14-4-2-3-5-16(14)22(23)24/h2-7,12H,8-11H2,1H3,(H2,19,20,29). The van der Waals surface area contributed by atoms with E-state index in [2.05, 4.69) is 10.6 Å². The first-order valence-corrected chi connectivity index (χ1v) is 10.7. The second-order valence-electron chi connectivity index (χ2n) is 6.23. The lowest BCUT2D eigenvalue weighted by Gasteiger charge is -2.26. The zero-order chi connectivity index (χ0) is 21.7. The number of nitrogens with zero attached hydrogens (tertiary/aromatic N) is 2. The third kappa shape index (κ3) is 4.84. The molecule has 0 unspecified atom stereocenters. The molecule has 1 fully saturated rings. The molecule has 2 aromatic carbocycles. The molecule has 0 bridgehead atoms. The third-order valence-electron chi connectivity index (χ3n) is 4.38. The van der Waals surface area contributed by atoms with E-state index >= 15 is 0 Å². The van der Waals surface area contributed by atoms with Crippen LogP contribution in [0, 0.1) is 10.1 Å². The summed E-state index contributed by atoms with van der Waals surface area (Å²) in [5.74, 6) is 0.260. The molecule has 0 amide bonds. The molecule has 0 radical (unpaired) electrons. The summed E-state index contributed by atoms with van der Waals surface area (Å²) in [6.07, 6.45) is 0. The number of nitro groups is 1. The fourth-order valence-electron chi connectivity index (χ4n) is 2.89.